The van der Waals surface area contributed by atoms with Crippen LogP contribution < -0.4 is 0 Å². The molecule has 0 spiro atoms. The summed E-state index contributed by atoms with van der Waals surface area (Å²) in [5, 5.41) is 10.2. The van der Waals surface area contributed by atoms with Crippen LogP contribution in [-0.2, 0) is 9.47 Å². The number of carbonyl (C=O) groups is 2. The van der Waals surface area contributed by atoms with Crippen molar-refractivity contribution >= 4 is 12.2 Å². The van der Waals surface area contributed by atoms with Gasteiger partial charge in [-0.2, -0.15) is 0 Å². The summed E-state index contributed by atoms with van der Waals surface area (Å²) in [6.45, 7) is 6.88. The second kappa shape index (κ2) is 5.47. The molecule has 2 rings (SSSR count). The molecule has 0 aromatic rings. The zero-order valence-corrected chi connectivity index (χ0v) is 12.2. The van der Waals surface area contributed by atoms with Crippen molar-refractivity contribution in [3.63, 3.8) is 0 Å². The first-order chi connectivity index (χ1) is 9.28. The number of hydrogen-bond acceptors (Lipinski definition) is 5. The minimum absolute atomic E-state index is 0.170. The summed E-state index contributed by atoms with van der Waals surface area (Å²) >= 11 is 0. The van der Waals surface area contributed by atoms with Gasteiger partial charge in [0.25, 0.3) is 0 Å². The number of piperidine rings is 1. The highest BCUT2D eigenvalue weighted by Crippen LogP contribution is 2.22. The van der Waals surface area contributed by atoms with Gasteiger partial charge in [0.1, 0.15) is 12.2 Å². The molecule has 0 saturated carbocycles. The van der Waals surface area contributed by atoms with Crippen LogP contribution in [0.1, 0.15) is 27.2 Å². The second-order valence-electron chi connectivity index (χ2n) is 6.16. The van der Waals surface area contributed by atoms with E-state index in [-0.39, 0.29) is 18.7 Å². The Morgan fingerprint density at radius 2 is 2.10 bits per heavy atom. The number of hydrogen-bond donors (Lipinski definition) is 1. The van der Waals surface area contributed by atoms with E-state index in [9.17, 15) is 14.7 Å². The largest absolute Gasteiger partial charge is 0.448 e. The van der Waals surface area contributed by atoms with Gasteiger partial charge < -0.3 is 19.5 Å². The minimum atomic E-state index is -0.776. The van der Waals surface area contributed by atoms with E-state index in [1.165, 1.54) is 9.80 Å². The summed E-state index contributed by atoms with van der Waals surface area (Å²) in [5.74, 6) is 0. The third-order valence-corrected chi connectivity index (χ3v) is 3.39. The number of ether oxygens (including phenoxy) is 2. The van der Waals surface area contributed by atoms with Crippen molar-refractivity contribution in [2.45, 2.75) is 44.9 Å². The van der Waals surface area contributed by atoms with Crippen molar-refractivity contribution in [2.75, 3.05) is 26.2 Å². The summed E-state index contributed by atoms with van der Waals surface area (Å²) in [6, 6.07) is -0.288. The molecule has 2 amide bonds. The lowest BCUT2D eigenvalue weighted by atomic mass is 10.0. The van der Waals surface area contributed by atoms with Crippen LogP contribution in [0.4, 0.5) is 9.59 Å². The monoisotopic (exact) mass is 286 g/mol. The number of aliphatic hydroxyl groups is 1. The van der Waals surface area contributed by atoms with Gasteiger partial charge in [-0.1, -0.05) is 0 Å². The molecule has 0 aromatic carbocycles. The van der Waals surface area contributed by atoms with Crippen LogP contribution in [0.2, 0.25) is 0 Å². The van der Waals surface area contributed by atoms with Gasteiger partial charge in [0.05, 0.1) is 25.2 Å². The average Bonchev–Trinajstić information content (AvgIpc) is 2.73. The molecule has 7 heteroatoms. The van der Waals surface area contributed by atoms with Crippen LogP contribution in [0.5, 0.6) is 0 Å². The SMILES string of the molecule is CC(C)(C)OC(=O)N1CC[C@@H](N2CCOC2=O)[C@H](O)C1. The molecule has 2 aliphatic rings. The predicted octanol–water partition coefficient (Wildman–Crippen LogP) is 0.809. The van der Waals surface area contributed by atoms with Crippen LogP contribution in [0.15, 0.2) is 0 Å². The normalized spacial score (nSPS) is 27.5. The number of cyclic esters (lactones) is 1. The maximum Gasteiger partial charge on any atom is 0.410 e. The Bertz CT molecular complexity index is 393. The van der Waals surface area contributed by atoms with Crippen molar-refractivity contribution in [1.82, 2.24) is 9.80 Å². The molecule has 0 aliphatic carbocycles. The average molecular weight is 286 g/mol. The van der Waals surface area contributed by atoms with Crippen LogP contribution in [-0.4, -0.2) is 71.1 Å². The highest BCUT2D eigenvalue weighted by molar-refractivity contribution is 5.70. The molecule has 2 fully saturated rings. The molecular formula is C13H22N2O5. The summed E-state index contributed by atoms with van der Waals surface area (Å²) in [4.78, 5) is 26.5. The summed E-state index contributed by atoms with van der Waals surface area (Å²) < 4.78 is 10.2. The molecule has 2 heterocycles. The molecule has 2 atom stereocenters. The van der Waals surface area contributed by atoms with Gasteiger partial charge in [-0.25, -0.2) is 9.59 Å². The third kappa shape index (κ3) is 3.33. The van der Waals surface area contributed by atoms with Gasteiger partial charge in [-0.3, -0.25) is 4.90 Å². The highest BCUT2D eigenvalue weighted by Gasteiger charge is 2.39. The summed E-state index contributed by atoms with van der Waals surface area (Å²) in [6.07, 6.45) is -1.07. The van der Waals surface area contributed by atoms with Crippen molar-refractivity contribution in [2.24, 2.45) is 0 Å². The number of β-amino-alcohol motifs (C(OH)–C–C–N with tert-alkyl or cyclic N) is 1. The van der Waals surface area contributed by atoms with Crippen molar-refractivity contribution in [3.8, 4) is 0 Å². The van der Waals surface area contributed by atoms with Crippen LogP contribution >= 0.6 is 0 Å². The molecule has 20 heavy (non-hydrogen) atoms. The predicted molar refractivity (Wildman–Crippen MR) is 70.3 cm³/mol. The first-order valence-corrected chi connectivity index (χ1v) is 6.87. The molecule has 0 radical (unpaired) electrons. The fraction of sp³-hybridized carbons (Fsp3) is 0.846. The topological polar surface area (TPSA) is 79.3 Å². The van der Waals surface area contributed by atoms with Gasteiger partial charge in [0, 0.05) is 6.54 Å². The van der Waals surface area contributed by atoms with Crippen LogP contribution in [0, 0.1) is 0 Å². The van der Waals surface area contributed by atoms with E-state index in [2.05, 4.69) is 0 Å². The van der Waals surface area contributed by atoms with Gasteiger partial charge in [0.15, 0.2) is 0 Å². The maximum atomic E-state index is 11.9. The quantitative estimate of drug-likeness (QED) is 0.771. The first kappa shape index (κ1) is 14.9. The van der Waals surface area contributed by atoms with Gasteiger partial charge in [0.2, 0.25) is 0 Å². The van der Waals surface area contributed by atoms with E-state index in [1.54, 1.807) is 20.8 Å². The van der Waals surface area contributed by atoms with E-state index < -0.39 is 17.8 Å². The Morgan fingerprint density at radius 1 is 1.40 bits per heavy atom. The Kier molecular flexibility index (Phi) is 4.08. The van der Waals surface area contributed by atoms with Crippen molar-refractivity contribution < 1.29 is 24.2 Å². The molecule has 0 bridgehead atoms. The molecule has 0 unspecified atom stereocenters. The smallest absolute Gasteiger partial charge is 0.410 e. The molecule has 1 N–H and O–H groups in total. The molecule has 114 valence electrons. The van der Waals surface area contributed by atoms with Gasteiger partial charge in [-0.05, 0) is 27.2 Å². The number of nitrogens with zero attached hydrogens (tertiary/aromatic N) is 2. The zero-order chi connectivity index (χ0) is 14.9. The fourth-order valence-electron chi connectivity index (χ4n) is 2.48. The van der Waals surface area contributed by atoms with E-state index in [0.29, 0.717) is 26.1 Å². The Labute approximate surface area is 118 Å². The first-order valence-electron chi connectivity index (χ1n) is 6.87. The van der Waals surface area contributed by atoms with Crippen molar-refractivity contribution in [1.29, 1.82) is 0 Å². The Hall–Kier alpha value is -1.50. The molecule has 7 nitrogen and oxygen atoms in total. The minimum Gasteiger partial charge on any atom is -0.448 e. The van der Waals surface area contributed by atoms with E-state index >= 15 is 0 Å². The van der Waals surface area contributed by atoms with E-state index in [0.717, 1.165) is 0 Å². The van der Waals surface area contributed by atoms with Gasteiger partial charge in [-0.15, -0.1) is 0 Å². The van der Waals surface area contributed by atoms with Crippen LogP contribution in [0.25, 0.3) is 0 Å². The molecule has 2 saturated heterocycles. The summed E-state index contributed by atoms with van der Waals surface area (Å²) in [5.41, 5.74) is -0.558. The molecule has 0 aromatic heterocycles. The standard InChI is InChI=1S/C13H22N2O5/c1-13(2,3)20-11(17)14-5-4-9(10(16)8-14)15-6-7-19-12(15)18/h9-10,16H,4-8H2,1-3H3/t9-,10-/m1/s1. The zero-order valence-electron chi connectivity index (χ0n) is 12.2. The number of carbonyl (C=O) groups excluding carboxylic acids is 2. The maximum absolute atomic E-state index is 11.9. The Morgan fingerprint density at radius 3 is 2.60 bits per heavy atom. The molecule has 2 aliphatic heterocycles. The second-order valence-corrected chi connectivity index (χ2v) is 6.16. The highest BCUT2D eigenvalue weighted by atomic mass is 16.6. The molecular weight excluding hydrogens is 264 g/mol. The van der Waals surface area contributed by atoms with E-state index in [4.69, 9.17) is 9.47 Å². The fourth-order valence-corrected chi connectivity index (χ4v) is 2.48. The Balaban J connectivity index is 1.92. The lowest BCUT2D eigenvalue weighted by molar-refractivity contribution is -0.0190. The van der Waals surface area contributed by atoms with Crippen LogP contribution in [0.3, 0.4) is 0 Å². The number of amides is 2. The van der Waals surface area contributed by atoms with Crippen molar-refractivity contribution in [3.05, 3.63) is 0 Å². The number of aliphatic hydroxyl groups excluding tert-OH is 1. The van der Waals surface area contributed by atoms with Gasteiger partial charge >= 0.3 is 12.2 Å². The lowest BCUT2D eigenvalue weighted by Gasteiger charge is -2.39. The number of rotatable bonds is 1. The third-order valence-electron chi connectivity index (χ3n) is 3.39. The number of likely N-dealkylation sites (tertiary alicyclic amines) is 1. The lowest BCUT2D eigenvalue weighted by Crippen LogP contribution is -2.56. The summed E-state index contributed by atoms with van der Waals surface area (Å²) in [7, 11) is 0. The van der Waals surface area contributed by atoms with E-state index in [1.807, 2.05) is 0 Å².